The van der Waals surface area contributed by atoms with Crippen molar-refractivity contribution in [2.75, 3.05) is 19.6 Å². The predicted octanol–water partition coefficient (Wildman–Crippen LogP) is 2.41. The van der Waals surface area contributed by atoms with Crippen molar-refractivity contribution < 1.29 is 24.1 Å². The zero-order valence-corrected chi connectivity index (χ0v) is 15.4. The number of likely N-dealkylation sites (tertiary alicyclic amines) is 1. The zero-order chi connectivity index (χ0) is 19.9. The molecule has 7 heteroatoms. The van der Waals surface area contributed by atoms with Crippen LogP contribution in [0.1, 0.15) is 30.2 Å². The van der Waals surface area contributed by atoms with Crippen LogP contribution < -0.4 is 0 Å². The molecule has 1 saturated heterocycles. The highest BCUT2D eigenvalue weighted by Gasteiger charge is 2.48. The van der Waals surface area contributed by atoms with Crippen molar-refractivity contribution in [3.63, 3.8) is 0 Å². The number of nitrogens with zero attached hydrogens (tertiary/aromatic N) is 2. The van der Waals surface area contributed by atoms with Gasteiger partial charge >= 0.3 is 0 Å². The molecule has 1 aliphatic carbocycles. The van der Waals surface area contributed by atoms with Gasteiger partial charge in [-0.15, -0.1) is 0 Å². The molecular weight excluding hydrogens is 366 g/mol. The Hall–Kier alpha value is -2.09. The Morgan fingerprint density at radius 3 is 2.32 bits per heavy atom. The van der Waals surface area contributed by atoms with Gasteiger partial charge in [0.15, 0.2) is 0 Å². The number of aromatic nitrogens is 1. The van der Waals surface area contributed by atoms with Crippen LogP contribution in [0.3, 0.4) is 0 Å². The number of benzene rings is 1. The summed E-state index contributed by atoms with van der Waals surface area (Å²) in [5.74, 6) is -0.704. The van der Waals surface area contributed by atoms with Gasteiger partial charge in [0.1, 0.15) is 23.5 Å². The number of halogens is 2. The molecule has 2 aliphatic rings. The van der Waals surface area contributed by atoms with E-state index < -0.39 is 23.3 Å². The van der Waals surface area contributed by atoms with E-state index in [1.54, 1.807) is 6.07 Å². The number of fused-ring (bicyclic) bond motifs is 1. The maximum absolute atomic E-state index is 13.9. The fourth-order valence-electron chi connectivity index (χ4n) is 4.81. The molecule has 3 N–H and O–H groups in total. The third-order valence-corrected chi connectivity index (χ3v) is 6.05. The monoisotopic (exact) mass is 390 g/mol. The fraction of sp³-hybridized carbons (Fsp3) is 0.476. The summed E-state index contributed by atoms with van der Waals surface area (Å²) in [6.07, 6.45) is 1.52. The molecule has 0 amide bonds. The standard InChI is InChI=1S/C21H24F2N2O3/c22-17-2-1-3-18(23)16(17)8-21(28)6-13-10-25(11-14(13)7-21)12-20(27)19-5-4-15(26)9-24-19/h1-5,9,13-14,20,26-28H,6-8,10-12H2/t13-,14+,20?,21?. The van der Waals surface area contributed by atoms with Crippen LogP contribution in [0.15, 0.2) is 36.5 Å². The lowest BCUT2D eigenvalue weighted by Gasteiger charge is -2.27. The lowest BCUT2D eigenvalue weighted by atomic mass is 9.90. The number of aromatic hydroxyl groups is 1. The second kappa shape index (κ2) is 7.39. The maximum Gasteiger partial charge on any atom is 0.133 e. The minimum Gasteiger partial charge on any atom is -0.506 e. The summed E-state index contributed by atoms with van der Waals surface area (Å²) in [6, 6.07) is 6.86. The second-order valence-electron chi connectivity index (χ2n) is 8.21. The van der Waals surface area contributed by atoms with E-state index in [1.165, 1.54) is 30.5 Å². The predicted molar refractivity (Wildman–Crippen MR) is 98.5 cm³/mol. The molecule has 2 aromatic rings. The Morgan fingerprint density at radius 2 is 1.75 bits per heavy atom. The quantitative estimate of drug-likeness (QED) is 0.731. The minimum absolute atomic E-state index is 0.0153. The summed E-state index contributed by atoms with van der Waals surface area (Å²) in [5, 5.41) is 30.6. The Kier molecular flexibility index (Phi) is 5.07. The smallest absolute Gasteiger partial charge is 0.133 e. The van der Waals surface area contributed by atoms with E-state index in [4.69, 9.17) is 0 Å². The molecule has 28 heavy (non-hydrogen) atoms. The van der Waals surface area contributed by atoms with Gasteiger partial charge in [0.2, 0.25) is 0 Å². The average Bonchev–Trinajstić information content (AvgIpc) is 3.13. The Balaban J connectivity index is 1.36. The molecular formula is C21H24F2N2O3. The van der Waals surface area contributed by atoms with Gasteiger partial charge in [0.05, 0.1) is 17.5 Å². The van der Waals surface area contributed by atoms with Gasteiger partial charge in [0.25, 0.3) is 0 Å². The van der Waals surface area contributed by atoms with Gasteiger partial charge in [-0.3, -0.25) is 9.88 Å². The van der Waals surface area contributed by atoms with E-state index >= 15 is 0 Å². The van der Waals surface area contributed by atoms with Crippen LogP contribution in [0.4, 0.5) is 8.78 Å². The van der Waals surface area contributed by atoms with Gasteiger partial charge in [-0.1, -0.05) is 6.07 Å². The topological polar surface area (TPSA) is 76.8 Å². The molecule has 2 heterocycles. The van der Waals surface area contributed by atoms with E-state index in [2.05, 4.69) is 9.88 Å². The molecule has 0 bridgehead atoms. The van der Waals surface area contributed by atoms with Crippen molar-refractivity contribution in [2.45, 2.75) is 31.0 Å². The Morgan fingerprint density at radius 1 is 1.11 bits per heavy atom. The van der Waals surface area contributed by atoms with Crippen molar-refractivity contribution in [1.29, 1.82) is 0 Å². The number of β-amino-alcohol motifs (C(OH)–C–C–N with tert-alkyl or cyclic N) is 1. The first-order valence-electron chi connectivity index (χ1n) is 9.53. The molecule has 4 rings (SSSR count). The van der Waals surface area contributed by atoms with Gasteiger partial charge in [-0.25, -0.2) is 8.78 Å². The Bertz CT molecular complexity index is 812. The summed E-state index contributed by atoms with van der Waals surface area (Å²) in [6.45, 7) is 1.87. The number of pyridine rings is 1. The minimum atomic E-state index is -1.10. The van der Waals surface area contributed by atoms with Crippen molar-refractivity contribution in [3.8, 4) is 5.75 Å². The van der Waals surface area contributed by atoms with E-state index in [9.17, 15) is 24.1 Å². The number of aliphatic hydroxyl groups is 2. The van der Waals surface area contributed by atoms with E-state index in [0.717, 1.165) is 13.1 Å². The van der Waals surface area contributed by atoms with Crippen molar-refractivity contribution >= 4 is 0 Å². The van der Waals surface area contributed by atoms with Crippen LogP contribution in [0.25, 0.3) is 0 Å². The van der Waals surface area contributed by atoms with Gasteiger partial charge in [-0.05, 0) is 48.9 Å². The highest BCUT2D eigenvalue weighted by Crippen LogP contribution is 2.46. The zero-order valence-electron chi connectivity index (χ0n) is 15.4. The summed E-state index contributed by atoms with van der Waals surface area (Å²) in [7, 11) is 0. The summed E-state index contributed by atoms with van der Waals surface area (Å²) >= 11 is 0. The van der Waals surface area contributed by atoms with E-state index in [1.807, 2.05) is 0 Å². The summed E-state index contributed by atoms with van der Waals surface area (Å²) in [5.41, 5.74) is -0.640. The number of aliphatic hydroxyl groups excluding tert-OH is 1. The first-order valence-corrected chi connectivity index (χ1v) is 9.53. The maximum atomic E-state index is 13.9. The second-order valence-corrected chi connectivity index (χ2v) is 8.21. The molecule has 1 aliphatic heterocycles. The average molecular weight is 390 g/mol. The van der Waals surface area contributed by atoms with Gasteiger partial charge in [0, 0.05) is 31.6 Å². The van der Waals surface area contributed by atoms with Gasteiger partial charge in [-0.2, -0.15) is 0 Å². The number of rotatable bonds is 5. The highest BCUT2D eigenvalue weighted by molar-refractivity contribution is 5.23. The molecule has 0 radical (unpaired) electrons. The third kappa shape index (κ3) is 3.87. The fourth-order valence-corrected chi connectivity index (χ4v) is 4.81. The molecule has 2 fully saturated rings. The molecule has 2 unspecified atom stereocenters. The summed E-state index contributed by atoms with van der Waals surface area (Å²) < 4.78 is 27.9. The number of hydrogen-bond acceptors (Lipinski definition) is 5. The van der Waals surface area contributed by atoms with Crippen LogP contribution in [0.2, 0.25) is 0 Å². The van der Waals surface area contributed by atoms with Gasteiger partial charge < -0.3 is 15.3 Å². The Labute approximate surface area is 162 Å². The van der Waals surface area contributed by atoms with Crippen LogP contribution in [-0.4, -0.2) is 50.4 Å². The lowest BCUT2D eigenvalue weighted by Crippen LogP contribution is -2.34. The van der Waals surface area contributed by atoms with Crippen molar-refractivity contribution in [3.05, 3.63) is 59.4 Å². The van der Waals surface area contributed by atoms with E-state index in [0.29, 0.717) is 25.1 Å². The first kappa shape index (κ1) is 19.2. The normalized spacial score (nSPS) is 28.4. The molecule has 1 aromatic carbocycles. The largest absolute Gasteiger partial charge is 0.506 e. The van der Waals surface area contributed by atoms with Crippen LogP contribution >= 0.6 is 0 Å². The lowest BCUT2D eigenvalue weighted by molar-refractivity contribution is 0.0311. The SMILES string of the molecule is Oc1ccc(C(O)CN2C[C@@H]3CC(O)(Cc4c(F)cccc4F)C[C@@H]3C2)nc1. The molecule has 1 saturated carbocycles. The molecule has 5 nitrogen and oxygen atoms in total. The third-order valence-electron chi connectivity index (χ3n) is 6.05. The molecule has 4 atom stereocenters. The molecule has 0 spiro atoms. The van der Waals surface area contributed by atoms with E-state index in [-0.39, 0.29) is 29.6 Å². The number of hydrogen-bond donors (Lipinski definition) is 3. The van der Waals surface area contributed by atoms with Crippen molar-refractivity contribution in [2.24, 2.45) is 11.8 Å². The molecule has 1 aromatic heterocycles. The van der Waals surface area contributed by atoms with Crippen LogP contribution in [-0.2, 0) is 6.42 Å². The van der Waals surface area contributed by atoms with Crippen LogP contribution in [0.5, 0.6) is 5.75 Å². The summed E-state index contributed by atoms with van der Waals surface area (Å²) in [4.78, 5) is 6.18. The highest BCUT2D eigenvalue weighted by atomic mass is 19.1. The van der Waals surface area contributed by atoms with Crippen LogP contribution in [0, 0.1) is 23.5 Å². The molecule has 150 valence electrons. The van der Waals surface area contributed by atoms with Crippen molar-refractivity contribution in [1.82, 2.24) is 9.88 Å². The first-order chi connectivity index (χ1) is 13.3.